The van der Waals surface area contributed by atoms with Gasteiger partial charge in [-0.3, -0.25) is 0 Å². The number of carbonyl (C=O) groups excluding carboxylic acids is 1. The van der Waals surface area contributed by atoms with E-state index in [1.165, 1.54) is 16.7 Å². The molecule has 1 heterocycles. The number of benzene rings is 2. The van der Waals surface area contributed by atoms with Gasteiger partial charge in [0, 0.05) is 5.56 Å². The van der Waals surface area contributed by atoms with Gasteiger partial charge in [0.15, 0.2) is 5.69 Å². The summed E-state index contributed by atoms with van der Waals surface area (Å²) in [6.45, 7) is 6.66. The third kappa shape index (κ3) is 4.75. The molecule has 0 atom stereocenters. The van der Waals surface area contributed by atoms with Gasteiger partial charge in [-0.2, -0.15) is 0 Å². The highest BCUT2D eigenvalue weighted by Crippen LogP contribution is 2.43. The Morgan fingerprint density at radius 2 is 1.75 bits per heavy atom. The number of carbonyl (C=O) groups is 1. The lowest BCUT2D eigenvalue weighted by molar-refractivity contribution is 0.0518. The van der Waals surface area contributed by atoms with E-state index in [1.807, 2.05) is 44.2 Å². The topological polar surface area (TPSA) is 48.4 Å². The molecule has 4 nitrogen and oxygen atoms in total. The Balaban J connectivity index is 1.72. The summed E-state index contributed by atoms with van der Waals surface area (Å²) >= 11 is 0. The fraction of sp³-hybridized carbons (Fsp3) is 0.286. The maximum atomic E-state index is 12.4. The highest BCUT2D eigenvalue weighted by molar-refractivity contribution is 5.95. The molecular weight excluding hydrogens is 398 g/mol. The fourth-order valence-corrected chi connectivity index (χ4v) is 4.17. The molecular formula is C28H29NO3. The molecule has 0 bridgehead atoms. The van der Waals surface area contributed by atoms with Gasteiger partial charge in [-0.15, -0.1) is 0 Å². The van der Waals surface area contributed by atoms with Crippen LogP contribution in [0.5, 0.6) is 5.75 Å². The van der Waals surface area contributed by atoms with Gasteiger partial charge in [-0.1, -0.05) is 48.0 Å². The van der Waals surface area contributed by atoms with Crippen molar-refractivity contribution >= 4 is 17.1 Å². The molecule has 164 valence electrons. The minimum atomic E-state index is -0.366. The number of hydrogen-bond donors (Lipinski definition) is 0. The van der Waals surface area contributed by atoms with Crippen molar-refractivity contribution in [3.63, 3.8) is 0 Å². The van der Waals surface area contributed by atoms with Crippen LogP contribution in [0.25, 0.3) is 11.1 Å². The van der Waals surface area contributed by atoms with Crippen LogP contribution < -0.4 is 4.74 Å². The van der Waals surface area contributed by atoms with E-state index in [9.17, 15) is 4.79 Å². The molecule has 1 aliphatic carbocycles. The summed E-state index contributed by atoms with van der Waals surface area (Å²) in [4.78, 5) is 17.1. The van der Waals surface area contributed by atoms with Gasteiger partial charge in [0.1, 0.15) is 12.4 Å². The van der Waals surface area contributed by atoms with Crippen LogP contribution in [0, 0.1) is 13.8 Å². The number of pyridine rings is 1. The summed E-state index contributed by atoms with van der Waals surface area (Å²) in [6.07, 6.45) is 2.95. The summed E-state index contributed by atoms with van der Waals surface area (Å²) in [6, 6.07) is 20.5. The largest absolute Gasteiger partial charge is 0.488 e. The summed E-state index contributed by atoms with van der Waals surface area (Å²) in [5, 5.41) is 0. The molecule has 2 aromatic carbocycles. The monoisotopic (exact) mass is 427 g/mol. The molecule has 0 spiro atoms. The van der Waals surface area contributed by atoms with Crippen molar-refractivity contribution in [2.75, 3.05) is 6.61 Å². The second kappa shape index (κ2) is 9.82. The first-order valence-corrected chi connectivity index (χ1v) is 11.2. The van der Waals surface area contributed by atoms with E-state index in [2.05, 4.69) is 37.3 Å². The molecule has 0 unspecified atom stereocenters. The van der Waals surface area contributed by atoms with Gasteiger partial charge in [0.05, 0.1) is 12.3 Å². The van der Waals surface area contributed by atoms with E-state index < -0.39 is 0 Å². The quantitative estimate of drug-likeness (QED) is 0.401. The number of aromatic nitrogens is 1. The lowest BCUT2D eigenvalue weighted by atomic mass is 9.97. The summed E-state index contributed by atoms with van der Waals surface area (Å²) in [5.41, 5.74) is 7.96. The SMILES string of the molecule is CCOC(=O)c1nc(C2=C(c3cc(C)ccc3OCc3ccccc3)CCC2)ccc1C. The first-order valence-electron chi connectivity index (χ1n) is 11.2. The lowest BCUT2D eigenvalue weighted by Crippen LogP contribution is -2.10. The Morgan fingerprint density at radius 3 is 2.53 bits per heavy atom. The number of hydrogen-bond acceptors (Lipinski definition) is 4. The van der Waals surface area contributed by atoms with Crippen LogP contribution in [0.2, 0.25) is 0 Å². The van der Waals surface area contributed by atoms with Crippen LogP contribution in [-0.2, 0) is 11.3 Å². The minimum absolute atomic E-state index is 0.337. The third-order valence-corrected chi connectivity index (χ3v) is 5.79. The predicted octanol–water partition coefficient (Wildman–Crippen LogP) is 6.55. The van der Waals surface area contributed by atoms with Crippen molar-refractivity contribution in [1.82, 2.24) is 4.98 Å². The molecule has 0 amide bonds. The van der Waals surface area contributed by atoms with E-state index >= 15 is 0 Å². The molecule has 0 saturated carbocycles. The zero-order valence-corrected chi connectivity index (χ0v) is 19.0. The smallest absolute Gasteiger partial charge is 0.357 e. The number of ether oxygens (including phenoxy) is 2. The molecule has 0 aliphatic heterocycles. The van der Waals surface area contributed by atoms with Gasteiger partial charge >= 0.3 is 5.97 Å². The third-order valence-electron chi connectivity index (χ3n) is 5.79. The van der Waals surface area contributed by atoms with Crippen molar-refractivity contribution < 1.29 is 14.3 Å². The number of esters is 1. The van der Waals surface area contributed by atoms with E-state index in [0.717, 1.165) is 47.4 Å². The Hall–Kier alpha value is -3.40. The molecule has 32 heavy (non-hydrogen) atoms. The van der Waals surface area contributed by atoms with Gasteiger partial charge in [0.25, 0.3) is 0 Å². The summed E-state index contributed by atoms with van der Waals surface area (Å²) in [5.74, 6) is 0.515. The maximum absolute atomic E-state index is 12.4. The lowest BCUT2D eigenvalue weighted by Gasteiger charge is -2.16. The number of aryl methyl sites for hydroxylation is 2. The second-order valence-corrected chi connectivity index (χ2v) is 8.17. The minimum Gasteiger partial charge on any atom is -0.488 e. The maximum Gasteiger partial charge on any atom is 0.357 e. The van der Waals surface area contributed by atoms with Crippen LogP contribution in [0.1, 0.15) is 64.6 Å². The number of allylic oxidation sites excluding steroid dienone is 2. The molecule has 4 rings (SSSR count). The van der Waals surface area contributed by atoms with Crippen molar-refractivity contribution in [2.24, 2.45) is 0 Å². The second-order valence-electron chi connectivity index (χ2n) is 8.17. The first kappa shape index (κ1) is 21.8. The van der Waals surface area contributed by atoms with Gasteiger partial charge in [-0.25, -0.2) is 9.78 Å². The van der Waals surface area contributed by atoms with Crippen LogP contribution in [0.4, 0.5) is 0 Å². The van der Waals surface area contributed by atoms with E-state index in [1.54, 1.807) is 0 Å². The van der Waals surface area contributed by atoms with Crippen LogP contribution >= 0.6 is 0 Å². The normalized spacial score (nSPS) is 13.3. The average molecular weight is 428 g/mol. The van der Waals surface area contributed by atoms with Gasteiger partial charge in [0.2, 0.25) is 0 Å². The van der Waals surface area contributed by atoms with Gasteiger partial charge in [-0.05, 0) is 80.5 Å². The fourth-order valence-electron chi connectivity index (χ4n) is 4.17. The molecule has 3 aromatic rings. The molecule has 4 heteroatoms. The standard InChI is InChI=1S/C28H29NO3/c1-4-31-28(30)27-20(3)14-15-25(29-27)23-12-8-11-22(23)24-17-19(2)13-16-26(24)32-18-21-9-6-5-7-10-21/h5-7,9-10,13-17H,4,8,11-12,18H2,1-3H3. The van der Waals surface area contributed by atoms with E-state index in [4.69, 9.17) is 14.5 Å². The molecule has 0 fully saturated rings. The first-order chi connectivity index (χ1) is 15.6. The zero-order valence-electron chi connectivity index (χ0n) is 19.0. The van der Waals surface area contributed by atoms with Crippen LogP contribution in [0.15, 0.2) is 60.7 Å². The molecule has 0 N–H and O–H groups in total. The van der Waals surface area contributed by atoms with Crippen molar-refractivity contribution in [3.05, 3.63) is 94.3 Å². The Kier molecular flexibility index (Phi) is 6.69. The van der Waals surface area contributed by atoms with Crippen molar-refractivity contribution in [2.45, 2.75) is 46.6 Å². The number of rotatable bonds is 7. The molecule has 1 aromatic heterocycles. The van der Waals surface area contributed by atoms with Crippen LogP contribution in [-0.4, -0.2) is 17.6 Å². The Labute approximate surface area is 189 Å². The summed E-state index contributed by atoms with van der Waals surface area (Å²) < 4.78 is 11.5. The molecule has 0 saturated heterocycles. The predicted molar refractivity (Wildman–Crippen MR) is 128 cm³/mol. The highest BCUT2D eigenvalue weighted by Gasteiger charge is 2.23. The van der Waals surface area contributed by atoms with Crippen LogP contribution in [0.3, 0.4) is 0 Å². The van der Waals surface area contributed by atoms with E-state index in [-0.39, 0.29) is 5.97 Å². The molecule has 1 aliphatic rings. The van der Waals surface area contributed by atoms with Crippen molar-refractivity contribution in [3.8, 4) is 5.75 Å². The molecule has 0 radical (unpaired) electrons. The average Bonchev–Trinajstić information content (AvgIpc) is 3.29. The number of nitrogens with zero attached hydrogens (tertiary/aromatic N) is 1. The van der Waals surface area contributed by atoms with Gasteiger partial charge < -0.3 is 9.47 Å². The summed E-state index contributed by atoms with van der Waals surface area (Å²) in [7, 11) is 0. The Bertz CT molecular complexity index is 1150. The highest BCUT2D eigenvalue weighted by atomic mass is 16.5. The van der Waals surface area contributed by atoms with E-state index in [0.29, 0.717) is 18.9 Å². The zero-order chi connectivity index (χ0) is 22.5. The van der Waals surface area contributed by atoms with Crippen molar-refractivity contribution in [1.29, 1.82) is 0 Å². The Morgan fingerprint density at radius 1 is 0.969 bits per heavy atom.